The normalized spacial score (nSPS) is 28.0. The monoisotopic (exact) mass is 277 g/mol. The third kappa shape index (κ3) is 2.21. The van der Waals surface area contributed by atoms with Crippen LogP contribution in [0.4, 0.5) is 4.39 Å². The number of amides is 1. The Kier molecular flexibility index (Phi) is 3.72. The number of halogens is 1. The number of piperidine rings is 1. The number of nitrogens with zero attached hydrogens (tertiary/aromatic N) is 1. The Bertz CT molecular complexity index is 508. The minimum atomic E-state index is -0.220. The van der Waals surface area contributed by atoms with E-state index >= 15 is 0 Å². The van der Waals surface area contributed by atoms with E-state index in [4.69, 9.17) is 5.73 Å². The van der Waals surface area contributed by atoms with E-state index in [0.717, 1.165) is 19.4 Å². The number of hydrogen-bond acceptors (Lipinski definition) is 3. The Morgan fingerprint density at radius 3 is 3.00 bits per heavy atom. The van der Waals surface area contributed by atoms with Crippen LogP contribution in [0.3, 0.4) is 0 Å². The molecule has 0 aliphatic carbocycles. The Hall–Kier alpha value is -1.46. The van der Waals surface area contributed by atoms with Gasteiger partial charge in [-0.05, 0) is 25.5 Å². The molecule has 0 saturated carbocycles. The smallest absolute Gasteiger partial charge is 0.224 e. The van der Waals surface area contributed by atoms with Gasteiger partial charge in [0.05, 0.1) is 12.0 Å². The summed E-state index contributed by atoms with van der Waals surface area (Å²) in [5.41, 5.74) is 6.54. The van der Waals surface area contributed by atoms with Gasteiger partial charge in [-0.25, -0.2) is 4.39 Å². The Balaban J connectivity index is 1.89. The number of nitrogens with one attached hydrogen (secondary N) is 1. The summed E-state index contributed by atoms with van der Waals surface area (Å²) in [6.45, 7) is 1.87. The molecule has 0 radical (unpaired) electrons. The summed E-state index contributed by atoms with van der Waals surface area (Å²) in [5, 5.41) is 2.92. The third-order valence-electron chi connectivity index (χ3n) is 4.53. The van der Waals surface area contributed by atoms with Crippen molar-refractivity contribution in [2.24, 2.45) is 11.7 Å². The first-order chi connectivity index (χ1) is 9.72. The number of carbonyl (C=O) groups is 1. The zero-order valence-corrected chi connectivity index (χ0v) is 11.4. The zero-order chi connectivity index (χ0) is 14.1. The fourth-order valence-corrected chi connectivity index (χ4v) is 3.56. The summed E-state index contributed by atoms with van der Waals surface area (Å²) >= 11 is 0. The second-order valence-electron chi connectivity index (χ2n) is 5.57. The van der Waals surface area contributed by atoms with Gasteiger partial charge in [0.15, 0.2) is 0 Å². The maximum atomic E-state index is 14.0. The maximum Gasteiger partial charge on any atom is 0.224 e. The Morgan fingerprint density at radius 1 is 1.45 bits per heavy atom. The van der Waals surface area contributed by atoms with Gasteiger partial charge in [-0.2, -0.15) is 0 Å². The van der Waals surface area contributed by atoms with Crippen molar-refractivity contribution >= 4 is 5.91 Å². The zero-order valence-electron chi connectivity index (χ0n) is 11.4. The first-order valence-electron chi connectivity index (χ1n) is 7.20. The number of rotatable bonds is 3. The van der Waals surface area contributed by atoms with Crippen LogP contribution in [-0.2, 0) is 4.79 Å². The summed E-state index contributed by atoms with van der Waals surface area (Å²) in [4.78, 5) is 14.0. The van der Waals surface area contributed by atoms with Crippen LogP contribution in [0.25, 0.3) is 0 Å². The van der Waals surface area contributed by atoms with Crippen LogP contribution < -0.4 is 11.1 Å². The van der Waals surface area contributed by atoms with E-state index in [-0.39, 0.29) is 29.7 Å². The standard InChI is InChI=1S/C15H20FN3O/c16-12-6-2-1-4-10(12)13(8-17)19-7-3-5-11-14(19)9-18-15(11)20/h1-2,4,6,11,13-14H,3,5,7-9,17H2,(H,18,20). The number of fused-ring (bicyclic) bond motifs is 1. The molecule has 0 aromatic heterocycles. The fraction of sp³-hybridized carbons (Fsp3) is 0.533. The lowest BCUT2D eigenvalue weighted by Crippen LogP contribution is -2.49. The highest BCUT2D eigenvalue weighted by molar-refractivity contribution is 5.82. The third-order valence-corrected chi connectivity index (χ3v) is 4.53. The predicted octanol–water partition coefficient (Wildman–Crippen LogP) is 1.04. The quantitative estimate of drug-likeness (QED) is 0.868. The van der Waals surface area contributed by atoms with Crippen LogP contribution in [0, 0.1) is 11.7 Å². The summed E-state index contributed by atoms with van der Waals surface area (Å²) < 4.78 is 14.0. The van der Waals surface area contributed by atoms with Crippen LogP contribution >= 0.6 is 0 Å². The average Bonchev–Trinajstić information content (AvgIpc) is 2.84. The molecule has 20 heavy (non-hydrogen) atoms. The number of hydrogen-bond donors (Lipinski definition) is 2. The molecule has 2 saturated heterocycles. The van der Waals surface area contributed by atoms with E-state index in [1.165, 1.54) is 6.07 Å². The highest BCUT2D eigenvalue weighted by Crippen LogP contribution is 2.34. The SMILES string of the molecule is NCC(c1ccccc1F)N1CCCC2C(=O)NCC21. The van der Waals surface area contributed by atoms with Gasteiger partial charge in [0.1, 0.15) is 5.82 Å². The Labute approximate surface area is 118 Å². The molecule has 2 heterocycles. The van der Waals surface area contributed by atoms with Gasteiger partial charge >= 0.3 is 0 Å². The molecule has 3 rings (SSSR count). The van der Waals surface area contributed by atoms with Crippen molar-refractivity contribution in [2.45, 2.75) is 24.9 Å². The van der Waals surface area contributed by atoms with Crippen molar-refractivity contribution in [2.75, 3.05) is 19.6 Å². The van der Waals surface area contributed by atoms with Crippen molar-refractivity contribution in [1.82, 2.24) is 10.2 Å². The van der Waals surface area contributed by atoms with Crippen LogP contribution in [0.15, 0.2) is 24.3 Å². The van der Waals surface area contributed by atoms with Gasteiger partial charge in [0, 0.05) is 24.7 Å². The fourth-order valence-electron chi connectivity index (χ4n) is 3.56. The lowest BCUT2D eigenvalue weighted by molar-refractivity contribution is -0.124. The molecule has 3 unspecified atom stereocenters. The van der Waals surface area contributed by atoms with Crippen molar-refractivity contribution in [3.63, 3.8) is 0 Å². The second kappa shape index (κ2) is 5.50. The van der Waals surface area contributed by atoms with Crippen LogP contribution in [-0.4, -0.2) is 36.5 Å². The first kappa shape index (κ1) is 13.5. The van der Waals surface area contributed by atoms with Gasteiger partial charge in [-0.1, -0.05) is 18.2 Å². The largest absolute Gasteiger partial charge is 0.354 e. The van der Waals surface area contributed by atoms with Crippen molar-refractivity contribution in [3.8, 4) is 0 Å². The summed E-state index contributed by atoms with van der Waals surface area (Å²) in [6.07, 6.45) is 1.88. The number of nitrogens with two attached hydrogens (primary N) is 1. The van der Waals surface area contributed by atoms with Crippen LogP contribution in [0.2, 0.25) is 0 Å². The van der Waals surface area contributed by atoms with E-state index in [1.807, 2.05) is 6.07 Å². The molecule has 2 aliphatic heterocycles. The summed E-state index contributed by atoms with van der Waals surface area (Å²) in [5.74, 6) is -0.0593. The summed E-state index contributed by atoms with van der Waals surface area (Å²) in [7, 11) is 0. The molecule has 4 nitrogen and oxygen atoms in total. The van der Waals surface area contributed by atoms with Crippen molar-refractivity contribution < 1.29 is 9.18 Å². The van der Waals surface area contributed by atoms with E-state index in [1.54, 1.807) is 12.1 Å². The van der Waals surface area contributed by atoms with E-state index in [9.17, 15) is 9.18 Å². The predicted molar refractivity (Wildman–Crippen MR) is 74.4 cm³/mol. The number of benzene rings is 1. The molecule has 108 valence electrons. The Morgan fingerprint density at radius 2 is 2.25 bits per heavy atom. The minimum Gasteiger partial charge on any atom is -0.354 e. The highest BCUT2D eigenvalue weighted by Gasteiger charge is 2.43. The molecule has 1 amide bonds. The van der Waals surface area contributed by atoms with Gasteiger partial charge in [-0.3, -0.25) is 9.69 Å². The molecule has 0 bridgehead atoms. The van der Waals surface area contributed by atoms with Gasteiger partial charge in [-0.15, -0.1) is 0 Å². The van der Waals surface area contributed by atoms with E-state index in [2.05, 4.69) is 10.2 Å². The van der Waals surface area contributed by atoms with Gasteiger partial charge < -0.3 is 11.1 Å². The van der Waals surface area contributed by atoms with E-state index < -0.39 is 0 Å². The van der Waals surface area contributed by atoms with E-state index in [0.29, 0.717) is 18.7 Å². The van der Waals surface area contributed by atoms with Crippen LogP contribution in [0.5, 0.6) is 0 Å². The molecular weight excluding hydrogens is 257 g/mol. The maximum absolute atomic E-state index is 14.0. The molecule has 1 aromatic carbocycles. The van der Waals surface area contributed by atoms with Crippen molar-refractivity contribution in [1.29, 1.82) is 0 Å². The van der Waals surface area contributed by atoms with Crippen LogP contribution in [0.1, 0.15) is 24.4 Å². The first-order valence-corrected chi connectivity index (χ1v) is 7.20. The lowest BCUT2D eigenvalue weighted by Gasteiger charge is -2.41. The second-order valence-corrected chi connectivity index (χ2v) is 5.57. The van der Waals surface area contributed by atoms with Crippen molar-refractivity contribution in [3.05, 3.63) is 35.6 Å². The molecule has 2 aliphatic rings. The number of likely N-dealkylation sites (tertiary alicyclic amines) is 1. The number of carbonyl (C=O) groups excluding carboxylic acids is 1. The minimum absolute atomic E-state index is 0.0320. The highest BCUT2D eigenvalue weighted by atomic mass is 19.1. The summed E-state index contributed by atoms with van der Waals surface area (Å²) in [6, 6.07) is 6.77. The molecule has 3 N–H and O–H groups in total. The molecule has 5 heteroatoms. The van der Waals surface area contributed by atoms with Gasteiger partial charge in [0.2, 0.25) is 5.91 Å². The molecule has 0 spiro atoms. The molecule has 2 fully saturated rings. The topological polar surface area (TPSA) is 58.4 Å². The molecule has 1 aromatic rings. The average molecular weight is 277 g/mol. The lowest BCUT2D eigenvalue weighted by atomic mass is 9.89. The molecule has 3 atom stereocenters. The van der Waals surface area contributed by atoms with Gasteiger partial charge in [0.25, 0.3) is 0 Å². The molecular formula is C15H20FN3O.